The molecule has 1 saturated carbocycles. The number of hydrogen-bond acceptors (Lipinski definition) is 3. The van der Waals surface area contributed by atoms with Crippen LogP contribution in [-0.2, 0) is 9.53 Å². The standard InChI is InChI=1S/C18H31NO2/c1-18(12-14-7-10-19-11-8-14)9-6-15(20)13-21-17-5-3-2-4-16(17)18/h14,16-17,19H,2-13H2,1H3/t16-,17-,18+/m0/s1. The normalized spacial score (nSPS) is 39.4. The van der Waals surface area contributed by atoms with Crippen molar-refractivity contribution in [3.63, 3.8) is 0 Å². The quantitative estimate of drug-likeness (QED) is 0.849. The van der Waals surface area contributed by atoms with Crippen LogP contribution in [0.3, 0.4) is 0 Å². The van der Waals surface area contributed by atoms with Crippen LogP contribution in [0.1, 0.15) is 64.7 Å². The van der Waals surface area contributed by atoms with E-state index in [1.54, 1.807) is 0 Å². The lowest BCUT2D eigenvalue weighted by molar-refractivity contribution is -0.137. The first-order chi connectivity index (χ1) is 10.2. The van der Waals surface area contributed by atoms with Crippen molar-refractivity contribution in [2.24, 2.45) is 17.3 Å². The van der Waals surface area contributed by atoms with Gasteiger partial charge >= 0.3 is 0 Å². The lowest BCUT2D eigenvalue weighted by Gasteiger charge is -2.47. The molecule has 3 rings (SSSR count). The molecule has 120 valence electrons. The largest absolute Gasteiger partial charge is 0.370 e. The third-order valence-electron chi connectivity index (χ3n) is 6.24. The van der Waals surface area contributed by atoms with Crippen molar-refractivity contribution < 1.29 is 9.53 Å². The molecule has 3 aliphatic rings. The molecule has 2 heterocycles. The number of piperidine rings is 1. The number of rotatable bonds is 2. The first-order valence-corrected chi connectivity index (χ1v) is 9.01. The molecule has 3 nitrogen and oxygen atoms in total. The van der Waals surface area contributed by atoms with Crippen LogP contribution in [0.15, 0.2) is 0 Å². The average molecular weight is 293 g/mol. The SMILES string of the molecule is C[C@]1(CC2CCNCC2)CCC(=O)CO[C@H]2CCCC[C@@H]21. The van der Waals surface area contributed by atoms with E-state index in [1.807, 2.05) is 0 Å². The highest BCUT2D eigenvalue weighted by molar-refractivity contribution is 5.79. The summed E-state index contributed by atoms with van der Waals surface area (Å²) in [5.74, 6) is 1.83. The van der Waals surface area contributed by atoms with E-state index in [1.165, 1.54) is 58.0 Å². The number of Topliss-reactive ketones (excluding diaryl/α,β-unsaturated/α-hetero) is 1. The summed E-state index contributed by atoms with van der Waals surface area (Å²) in [7, 11) is 0. The van der Waals surface area contributed by atoms with E-state index in [9.17, 15) is 4.79 Å². The van der Waals surface area contributed by atoms with Crippen LogP contribution in [0, 0.1) is 17.3 Å². The molecule has 2 saturated heterocycles. The van der Waals surface area contributed by atoms with Crippen LogP contribution in [0.25, 0.3) is 0 Å². The Morgan fingerprint density at radius 3 is 2.76 bits per heavy atom. The maximum Gasteiger partial charge on any atom is 0.158 e. The third-order valence-corrected chi connectivity index (χ3v) is 6.24. The average Bonchev–Trinajstić information content (AvgIpc) is 2.51. The zero-order valence-electron chi connectivity index (χ0n) is 13.5. The van der Waals surface area contributed by atoms with Crippen LogP contribution in [0.2, 0.25) is 0 Å². The molecule has 0 radical (unpaired) electrons. The second kappa shape index (κ2) is 6.78. The summed E-state index contributed by atoms with van der Waals surface area (Å²) in [5, 5.41) is 3.47. The van der Waals surface area contributed by atoms with Gasteiger partial charge in [-0.2, -0.15) is 0 Å². The van der Waals surface area contributed by atoms with Gasteiger partial charge in [0.25, 0.3) is 0 Å². The van der Waals surface area contributed by atoms with Crippen molar-refractivity contribution in [2.45, 2.75) is 70.8 Å². The van der Waals surface area contributed by atoms with Gasteiger partial charge in [0.15, 0.2) is 5.78 Å². The van der Waals surface area contributed by atoms with Crippen molar-refractivity contribution in [2.75, 3.05) is 19.7 Å². The molecule has 2 aliphatic heterocycles. The summed E-state index contributed by atoms with van der Waals surface area (Å²) in [6.45, 7) is 5.17. The molecule has 0 bridgehead atoms. The Bertz CT molecular complexity index is 364. The van der Waals surface area contributed by atoms with Gasteiger partial charge in [-0.05, 0) is 68.9 Å². The maximum absolute atomic E-state index is 12.0. The fourth-order valence-corrected chi connectivity index (χ4v) is 4.97. The summed E-state index contributed by atoms with van der Waals surface area (Å²) >= 11 is 0. The molecular weight excluding hydrogens is 262 g/mol. The van der Waals surface area contributed by atoms with Crippen LogP contribution in [0.4, 0.5) is 0 Å². The van der Waals surface area contributed by atoms with Gasteiger partial charge in [0.2, 0.25) is 0 Å². The van der Waals surface area contributed by atoms with Crippen molar-refractivity contribution in [1.82, 2.24) is 5.32 Å². The van der Waals surface area contributed by atoms with Crippen molar-refractivity contribution in [1.29, 1.82) is 0 Å². The van der Waals surface area contributed by atoms with E-state index in [2.05, 4.69) is 12.2 Å². The summed E-state index contributed by atoms with van der Waals surface area (Å²) < 4.78 is 6.02. The topological polar surface area (TPSA) is 38.3 Å². The number of ketones is 1. The minimum atomic E-state index is 0.309. The maximum atomic E-state index is 12.0. The fraction of sp³-hybridized carbons (Fsp3) is 0.944. The first-order valence-electron chi connectivity index (χ1n) is 9.01. The Hall–Kier alpha value is -0.410. The summed E-state index contributed by atoms with van der Waals surface area (Å²) in [6.07, 6.45) is 11.2. The number of carbonyl (C=O) groups is 1. The van der Waals surface area contributed by atoms with Crippen molar-refractivity contribution >= 4 is 5.78 Å². The molecule has 0 spiro atoms. The van der Waals surface area contributed by atoms with Crippen LogP contribution < -0.4 is 5.32 Å². The first kappa shape index (κ1) is 15.5. The highest BCUT2D eigenvalue weighted by atomic mass is 16.5. The van der Waals surface area contributed by atoms with Gasteiger partial charge in [0, 0.05) is 6.42 Å². The van der Waals surface area contributed by atoms with Crippen LogP contribution >= 0.6 is 0 Å². The van der Waals surface area contributed by atoms with Crippen molar-refractivity contribution in [3.05, 3.63) is 0 Å². The van der Waals surface area contributed by atoms with Gasteiger partial charge in [-0.15, -0.1) is 0 Å². The van der Waals surface area contributed by atoms with E-state index in [4.69, 9.17) is 4.74 Å². The summed E-state index contributed by atoms with van der Waals surface area (Å²) in [6, 6.07) is 0. The van der Waals surface area contributed by atoms with Crippen LogP contribution in [0.5, 0.6) is 0 Å². The number of nitrogens with one attached hydrogen (secondary N) is 1. The Labute approximate surface area is 129 Å². The van der Waals surface area contributed by atoms with Gasteiger partial charge in [0.1, 0.15) is 6.61 Å². The molecule has 21 heavy (non-hydrogen) atoms. The molecule has 0 aromatic rings. The zero-order valence-corrected chi connectivity index (χ0v) is 13.5. The Morgan fingerprint density at radius 2 is 1.95 bits per heavy atom. The lowest BCUT2D eigenvalue weighted by Crippen LogP contribution is -2.44. The second-order valence-electron chi connectivity index (χ2n) is 7.83. The Morgan fingerprint density at radius 1 is 1.19 bits per heavy atom. The molecule has 3 fully saturated rings. The van der Waals surface area contributed by atoms with Crippen molar-refractivity contribution in [3.8, 4) is 0 Å². The van der Waals surface area contributed by atoms with Gasteiger partial charge in [-0.3, -0.25) is 4.79 Å². The zero-order chi connectivity index (χ0) is 14.7. The monoisotopic (exact) mass is 293 g/mol. The molecule has 0 aromatic carbocycles. The summed E-state index contributed by atoms with van der Waals surface area (Å²) in [4.78, 5) is 12.0. The number of ether oxygens (including phenoxy) is 1. The summed E-state index contributed by atoms with van der Waals surface area (Å²) in [5.41, 5.74) is 0.309. The minimum absolute atomic E-state index is 0.309. The lowest BCUT2D eigenvalue weighted by atomic mass is 9.61. The Balaban J connectivity index is 1.74. The molecule has 1 aliphatic carbocycles. The second-order valence-corrected chi connectivity index (χ2v) is 7.83. The molecule has 0 unspecified atom stereocenters. The van der Waals surface area contributed by atoms with E-state index >= 15 is 0 Å². The fourth-order valence-electron chi connectivity index (χ4n) is 4.97. The predicted molar refractivity (Wildman–Crippen MR) is 84.3 cm³/mol. The van der Waals surface area contributed by atoms with Gasteiger partial charge in [0.05, 0.1) is 6.10 Å². The third kappa shape index (κ3) is 3.68. The number of fused-ring (bicyclic) bond motifs is 1. The molecular formula is C18H31NO2. The molecule has 1 N–H and O–H groups in total. The van der Waals surface area contributed by atoms with Gasteiger partial charge in [-0.1, -0.05) is 19.8 Å². The van der Waals surface area contributed by atoms with Gasteiger partial charge < -0.3 is 10.1 Å². The molecule has 3 heteroatoms. The number of hydrogen-bond donors (Lipinski definition) is 1. The molecule has 0 amide bonds. The molecule has 0 aromatic heterocycles. The van der Waals surface area contributed by atoms with E-state index in [-0.39, 0.29) is 0 Å². The Kier molecular flexibility index (Phi) is 5.00. The van der Waals surface area contributed by atoms with E-state index < -0.39 is 0 Å². The molecule has 3 atom stereocenters. The van der Waals surface area contributed by atoms with E-state index in [0.717, 1.165) is 18.8 Å². The highest BCUT2D eigenvalue weighted by Crippen LogP contribution is 2.48. The number of carbonyl (C=O) groups excluding carboxylic acids is 1. The van der Waals surface area contributed by atoms with Gasteiger partial charge in [-0.25, -0.2) is 0 Å². The van der Waals surface area contributed by atoms with Crippen LogP contribution in [-0.4, -0.2) is 31.6 Å². The highest BCUT2D eigenvalue weighted by Gasteiger charge is 2.43. The smallest absolute Gasteiger partial charge is 0.158 e. The minimum Gasteiger partial charge on any atom is -0.370 e. The predicted octanol–water partition coefficient (Wildman–Crippen LogP) is 3.32. The van der Waals surface area contributed by atoms with E-state index in [0.29, 0.717) is 29.8 Å².